The Morgan fingerprint density at radius 3 is 2.33 bits per heavy atom. The van der Waals surface area contributed by atoms with Crippen LogP contribution in [0.25, 0.3) is 0 Å². The van der Waals surface area contributed by atoms with E-state index in [1.165, 1.54) is 6.07 Å². The molecule has 1 unspecified atom stereocenters. The first-order valence-corrected chi connectivity index (χ1v) is 8.15. The molecule has 116 valence electrons. The summed E-state index contributed by atoms with van der Waals surface area (Å²) >= 11 is 0. The first-order chi connectivity index (χ1) is 9.59. The van der Waals surface area contributed by atoms with Gasteiger partial charge in [0.2, 0.25) is 0 Å². The van der Waals surface area contributed by atoms with Crippen LogP contribution in [0.1, 0.15) is 48.7 Å². The van der Waals surface area contributed by atoms with Crippen LogP contribution in [0.3, 0.4) is 0 Å². The number of carboxylic acid groups (broad SMARTS) is 1. The summed E-state index contributed by atoms with van der Waals surface area (Å²) in [6, 6.07) is 3.18. The summed E-state index contributed by atoms with van der Waals surface area (Å²) in [4.78, 5) is 11.2. The van der Waals surface area contributed by atoms with Gasteiger partial charge in [0.1, 0.15) is 11.3 Å². The molecule has 5 nitrogen and oxygen atoms in total. The highest BCUT2D eigenvalue weighted by Gasteiger charge is 2.32. The molecule has 0 radical (unpaired) electrons. The second-order valence-corrected chi connectivity index (χ2v) is 6.99. The number of aromatic carboxylic acids is 1. The molecule has 21 heavy (non-hydrogen) atoms. The first kappa shape index (κ1) is 17.4. The molecule has 1 rings (SSSR count). The van der Waals surface area contributed by atoms with Crippen molar-refractivity contribution in [3.8, 4) is 5.75 Å². The van der Waals surface area contributed by atoms with Gasteiger partial charge in [-0.3, -0.25) is 0 Å². The fourth-order valence-electron chi connectivity index (χ4n) is 2.36. The van der Waals surface area contributed by atoms with Crippen molar-refractivity contribution in [3.05, 3.63) is 28.8 Å². The Morgan fingerprint density at radius 2 is 1.90 bits per heavy atom. The van der Waals surface area contributed by atoms with E-state index in [2.05, 4.69) is 0 Å². The summed E-state index contributed by atoms with van der Waals surface area (Å²) in [5.41, 5.74) is 0.589. The fraction of sp³-hybridized carbons (Fsp3) is 0.533. The van der Waals surface area contributed by atoms with Crippen LogP contribution in [0.5, 0.6) is 5.75 Å². The van der Waals surface area contributed by atoms with Gasteiger partial charge in [0.05, 0.1) is 6.16 Å². The summed E-state index contributed by atoms with van der Waals surface area (Å²) in [5, 5.41) is 19.0. The number of carboxylic acids is 1. The number of aryl methyl sites for hydroxylation is 1. The second kappa shape index (κ2) is 6.44. The van der Waals surface area contributed by atoms with Crippen molar-refractivity contribution >= 4 is 13.6 Å². The minimum atomic E-state index is -2.48. The zero-order valence-electron chi connectivity index (χ0n) is 12.7. The molecule has 0 aliphatic heterocycles. The van der Waals surface area contributed by atoms with E-state index in [-0.39, 0.29) is 23.4 Å². The van der Waals surface area contributed by atoms with E-state index in [1.807, 2.05) is 20.8 Å². The lowest BCUT2D eigenvalue weighted by Gasteiger charge is -2.34. The number of hydrogen-bond acceptors (Lipinski definition) is 4. The Morgan fingerprint density at radius 1 is 1.33 bits per heavy atom. The van der Waals surface area contributed by atoms with Gasteiger partial charge in [0.15, 0.2) is 0 Å². The molecule has 0 aliphatic carbocycles. The molecule has 2 N–H and O–H groups in total. The van der Waals surface area contributed by atoms with Crippen LogP contribution in [0, 0.1) is 12.8 Å². The van der Waals surface area contributed by atoms with Gasteiger partial charge < -0.3 is 10.2 Å². The van der Waals surface area contributed by atoms with Gasteiger partial charge in [0, 0.05) is 0 Å². The molecule has 0 saturated carbocycles. The molecule has 0 spiro atoms. The molecule has 6 heteroatoms. The van der Waals surface area contributed by atoms with Crippen LogP contribution >= 0.6 is 7.68 Å². The topological polar surface area (TPSA) is 91.7 Å². The molecule has 0 saturated heterocycles. The van der Waals surface area contributed by atoms with Crippen molar-refractivity contribution in [3.63, 3.8) is 0 Å². The summed E-state index contributed by atoms with van der Waals surface area (Å²) in [7, 11) is -2.48. The van der Waals surface area contributed by atoms with Crippen LogP contribution in [-0.4, -0.2) is 22.3 Å². The standard InChI is InChI=1S/C15H21O5P/c1-9(2)15(4,5-6-21(19)20)11-7-10(3)13(16)12(8-11)14(17)18/h7-9,16H,5-6H2,1-4H3,(H,17,18). The highest BCUT2D eigenvalue weighted by atomic mass is 31.1. The predicted octanol–water partition coefficient (Wildman–Crippen LogP) is 3.88. The van der Waals surface area contributed by atoms with Gasteiger partial charge in [-0.05, 0) is 41.9 Å². The number of rotatable bonds is 6. The maximum Gasteiger partial charge on any atom is 0.339 e. The van der Waals surface area contributed by atoms with E-state index in [0.29, 0.717) is 12.0 Å². The lowest BCUT2D eigenvalue weighted by molar-refractivity contribution is 0.0693. The summed E-state index contributed by atoms with van der Waals surface area (Å²) in [5.74, 6) is -1.32. The number of aromatic hydroxyl groups is 1. The first-order valence-electron chi connectivity index (χ1n) is 6.78. The quantitative estimate of drug-likeness (QED) is 0.778. The third-order valence-electron chi connectivity index (χ3n) is 4.28. The zero-order chi connectivity index (χ0) is 16.4. The van der Waals surface area contributed by atoms with E-state index in [9.17, 15) is 24.1 Å². The third kappa shape index (κ3) is 3.73. The van der Waals surface area contributed by atoms with Gasteiger partial charge in [-0.1, -0.05) is 26.8 Å². The van der Waals surface area contributed by atoms with Crippen molar-refractivity contribution in [1.82, 2.24) is 0 Å². The van der Waals surface area contributed by atoms with E-state index in [1.54, 1.807) is 13.0 Å². The van der Waals surface area contributed by atoms with Crippen LogP contribution in [0.2, 0.25) is 0 Å². The van der Waals surface area contributed by atoms with E-state index in [4.69, 9.17) is 0 Å². The molecule has 0 heterocycles. The monoisotopic (exact) mass is 312 g/mol. The molecule has 0 aliphatic rings. The largest absolute Gasteiger partial charge is 0.507 e. The van der Waals surface area contributed by atoms with Crippen molar-refractivity contribution in [2.45, 2.75) is 39.5 Å². The molecule has 1 aromatic rings. The zero-order valence-corrected chi connectivity index (χ0v) is 13.6. The van der Waals surface area contributed by atoms with Crippen molar-refractivity contribution in [2.75, 3.05) is 6.16 Å². The van der Waals surface area contributed by atoms with Crippen molar-refractivity contribution < 1.29 is 24.1 Å². The van der Waals surface area contributed by atoms with Gasteiger partial charge in [0.25, 0.3) is 0 Å². The predicted molar refractivity (Wildman–Crippen MR) is 79.8 cm³/mol. The van der Waals surface area contributed by atoms with Gasteiger partial charge in [-0.2, -0.15) is 0 Å². The second-order valence-electron chi connectivity index (χ2n) is 5.87. The van der Waals surface area contributed by atoms with Crippen molar-refractivity contribution in [1.29, 1.82) is 0 Å². The Labute approximate surface area is 124 Å². The average Bonchev–Trinajstić information content (AvgIpc) is 2.38. The van der Waals surface area contributed by atoms with Gasteiger partial charge >= 0.3 is 13.6 Å². The molecule has 0 amide bonds. The lowest BCUT2D eigenvalue weighted by Crippen LogP contribution is -2.29. The summed E-state index contributed by atoms with van der Waals surface area (Å²) in [6.07, 6.45) is 0.457. The molecule has 1 atom stereocenters. The molecule has 0 bridgehead atoms. The fourth-order valence-corrected chi connectivity index (χ4v) is 3.01. The molecular formula is C15H21O5P. The normalized spacial score (nSPS) is 14.0. The highest BCUT2D eigenvalue weighted by molar-refractivity contribution is 7.30. The Hall–Kier alpha value is -1.61. The summed E-state index contributed by atoms with van der Waals surface area (Å²) in [6.45, 7) is 7.51. The van der Waals surface area contributed by atoms with E-state index < -0.39 is 19.1 Å². The Balaban J connectivity index is 3.41. The van der Waals surface area contributed by atoms with E-state index in [0.717, 1.165) is 5.56 Å². The maximum absolute atomic E-state index is 11.2. The molecule has 0 aromatic heterocycles. The smallest absolute Gasteiger partial charge is 0.339 e. The van der Waals surface area contributed by atoms with Crippen molar-refractivity contribution in [2.24, 2.45) is 5.92 Å². The molecule has 0 fully saturated rings. The highest BCUT2D eigenvalue weighted by Crippen LogP contribution is 2.39. The third-order valence-corrected chi connectivity index (χ3v) is 4.87. The Kier molecular flexibility index (Phi) is 5.35. The van der Waals surface area contributed by atoms with Crippen LogP contribution in [-0.2, 0) is 14.5 Å². The molecule has 1 aromatic carbocycles. The number of carbonyl (C=O) groups is 1. The van der Waals surface area contributed by atoms with E-state index >= 15 is 0 Å². The summed E-state index contributed by atoms with van der Waals surface area (Å²) < 4.78 is 21.8. The molecular weight excluding hydrogens is 291 g/mol. The lowest BCUT2D eigenvalue weighted by atomic mass is 9.70. The van der Waals surface area contributed by atoms with Crippen LogP contribution < -0.4 is 0 Å². The number of hydrogen-bond donors (Lipinski definition) is 2. The SMILES string of the molecule is Cc1cc(C(C)(CCP(=O)=O)C(C)C)cc(C(=O)O)c1O. The maximum atomic E-state index is 11.2. The van der Waals surface area contributed by atoms with Crippen LogP contribution in [0.15, 0.2) is 12.1 Å². The Bertz CT molecular complexity index is 611. The van der Waals surface area contributed by atoms with Gasteiger partial charge in [-0.15, -0.1) is 0 Å². The minimum Gasteiger partial charge on any atom is -0.507 e. The number of phenols is 1. The van der Waals surface area contributed by atoms with Gasteiger partial charge in [-0.25, -0.2) is 13.9 Å². The average molecular weight is 312 g/mol. The van der Waals surface area contributed by atoms with Crippen LogP contribution in [0.4, 0.5) is 0 Å². The minimum absolute atomic E-state index is 0.0480. The number of benzene rings is 1.